The molecule has 0 fully saturated rings. The number of aromatic nitrogens is 2. The molecule has 0 aliphatic carbocycles. The van der Waals surface area contributed by atoms with E-state index in [1.54, 1.807) is 30.3 Å². The lowest BCUT2D eigenvalue weighted by molar-refractivity contribution is 0.0784. The fourth-order valence-corrected chi connectivity index (χ4v) is 2.40. The Labute approximate surface area is 128 Å². The molecule has 0 radical (unpaired) electrons. The van der Waals surface area contributed by atoms with Gasteiger partial charge in [-0.25, -0.2) is 0 Å². The van der Waals surface area contributed by atoms with Gasteiger partial charge in [-0.1, -0.05) is 37.3 Å². The van der Waals surface area contributed by atoms with E-state index in [1.807, 2.05) is 25.1 Å². The number of nitrogens with one attached hydrogen (secondary N) is 2. The van der Waals surface area contributed by atoms with Crippen molar-refractivity contribution < 1.29 is 9.90 Å². The highest BCUT2D eigenvalue weighted by atomic mass is 16.3. The van der Waals surface area contributed by atoms with Crippen LogP contribution in [0.1, 0.15) is 34.8 Å². The predicted octanol–water partition coefficient (Wildman–Crippen LogP) is 2.55. The average molecular weight is 295 g/mol. The lowest BCUT2D eigenvalue weighted by Crippen LogP contribution is -2.28. The summed E-state index contributed by atoms with van der Waals surface area (Å²) in [4.78, 5) is 12.3. The van der Waals surface area contributed by atoms with Gasteiger partial charge in [0.25, 0.3) is 5.91 Å². The van der Waals surface area contributed by atoms with Crippen LogP contribution in [-0.2, 0) is 6.42 Å². The minimum Gasteiger partial charge on any atom is -0.369 e. The molecule has 3 aromatic rings. The van der Waals surface area contributed by atoms with Crippen molar-refractivity contribution in [2.24, 2.45) is 0 Å². The summed E-state index contributed by atoms with van der Waals surface area (Å²) in [5, 5.41) is 20.8. The number of rotatable bonds is 4. The molecule has 1 heterocycles. The highest BCUT2D eigenvalue weighted by molar-refractivity contribution is 5.98. The Kier molecular flexibility index (Phi) is 3.89. The van der Waals surface area contributed by atoms with E-state index in [-0.39, 0.29) is 5.91 Å². The molecule has 3 rings (SSSR count). The van der Waals surface area contributed by atoms with Crippen molar-refractivity contribution >= 4 is 16.8 Å². The first-order chi connectivity index (χ1) is 10.7. The SMILES string of the molecule is CCc1[nH]nc2ccc(C(=O)NC(O)c3ccccc3)cc12. The smallest absolute Gasteiger partial charge is 0.253 e. The van der Waals surface area contributed by atoms with Crippen LogP contribution in [0.2, 0.25) is 0 Å². The van der Waals surface area contributed by atoms with Gasteiger partial charge in [-0.2, -0.15) is 5.10 Å². The molecular formula is C17H17N3O2. The Hall–Kier alpha value is -2.66. The Morgan fingerprint density at radius 2 is 2.05 bits per heavy atom. The predicted molar refractivity (Wildman–Crippen MR) is 84.3 cm³/mol. The zero-order chi connectivity index (χ0) is 15.5. The first-order valence-electron chi connectivity index (χ1n) is 7.20. The number of nitrogens with zero attached hydrogens (tertiary/aromatic N) is 1. The Morgan fingerprint density at radius 1 is 1.27 bits per heavy atom. The van der Waals surface area contributed by atoms with Gasteiger partial charge >= 0.3 is 0 Å². The molecule has 0 spiro atoms. The number of aliphatic hydroxyl groups is 1. The van der Waals surface area contributed by atoms with E-state index in [1.165, 1.54) is 0 Å². The minimum absolute atomic E-state index is 0.318. The Bertz CT molecular complexity index is 796. The zero-order valence-electron chi connectivity index (χ0n) is 12.2. The number of amides is 1. The monoisotopic (exact) mass is 295 g/mol. The van der Waals surface area contributed by atoms with Crippen LogP contribution in [0.25, 0.3) is 10.9 Å². The van der Waals surface area contributed by atoms with Crippen molar-refractivity contribution in [3.63, 3.8) is 0 Å². The van der Waals surface area contributed by atoms with Crippen molar-refractivity contribution in [3.8, 4) is 0 Å². The second kappa shape index (κ2) is 5.99. The molecule has 3 N–H and O–H groups in total. The van der Waals surface area contributed by atoms with Gasteiger partial charge in [-0.15, -0.1) is 0 Å². The first kappa shape index (κ1) is 14.3. The topological polar surface area (TPSA) is 78.0 Å². The molecule has 22 heavy (non-hydrogen) atoms. The lowest BCUT2D eigenvalue weighted by atomic mass is 10.1. The van der Waals surface area contributed by atoms with Gasteiger partial charge in [-0.3, -0.25) is 9.89 Å². The van der Waals surface area contributed by atoms with E-state index >= 15 is 0 Å². The highest BCUT2D eigenvalue weighted by Crippen LogP contribution is 2.19. The third-order valence-electron chi connectivity index (χ3n) is 3.63. The van der Waals surface area contributed by atoms with Crippen LogP contribution in [0, 0.1) is 0 Å². The van der Waals surface area contributed by atoms with Gasteiger partial charge in [0.15, 0.2) is 6.23 Å². The summed E-state index contributed by atoms with van der Waals surface area (Å²) < 4.78 is 0. The van der Waals surface area contributed by atoms with Crippen LogP contribution in [0.3, 0.4) is 0 Å². The summed E-state index contributed by atoms with van der Waals surface area (Å²) in [6, 6.07) is 14.3. The molecule has 1 amide bonds. The van der Waals surface area contributed by atoms with Gasteiger partial charge < -0.3 is 10.4 Å². The third-order valence-corrected chi connectivity index (χ3v) is 3.63. The van der Waals surface area contributed by atoms with Gasteiger partial charge in [0.05, 0.1) is 5.52 Å². The van der Waals surface area contributed by atoms with Crippen LogP contribution in [0.15, 0.2) is 48.5 Å². The van der Waals surface area contributed by atoms with Crippen LogP contribution in [0.5, 0.6) is 0 Å². The molecule has 5 nitrogen and oxygen atoms in total. The molecule has 5 heteroatoms. The fraction of sp³-hybridized carbons (Fsp3) is 0.176. The highest BCUT2D eigenvalue weighted by Gasteiger charge is 2.14. The Balaban J connectivity index is 1.83. The molecule has 0 bridgehead atoms. The van der Waals surface area contributed by atoms with E-state index < -0.39 is 6.23 Å². The van der Waals surface area contributed by atoms with Crippen molar-refractivity contribution in [3.05, 3.63) is 65.4 Å². The third kappa shape index (κ3) is 2.71. The minimum atomic E-state index is -1.03. The van der Waals surface area contributed by atoms with Crippen molar-refractivity contribution in [1.82, 2.24) is 15.5 Å². The van der Waals surface area contributed by atoms with Crippen LogP contribution in [-0.4, -0.2) is 21.2 Å². The van der Waals surface area contributed by atoms with Gasteiger partial charge in [0, 0.05) is 22.2 Å². The van der Waals surface area contributed by atoms with Gasteiger partial charge in [0.2, 0.25) is 0 Å². The summed E-state index contributed by atoms with van der Waals surface area (Å²) in [5.74, 6) is -0.318. The fourth-order valence-electron chi connectivity index (χ4n) is 2.40. The molecule has 0 aliphatic rings. The van der Waals surface area contributed by atoms with E-state index in [0.717, 1.165) is 23.0 Å². The summed E-state index contributed by atoms with van der Waals surface area (Å²) in [6.07, 6.45) is -0.215. The number of fused-ring (bicyclic) bond motifs is 1. The van der Waals surface area contributed by atoms with Crippen LogP contribution >= 0.6 is 0 Å². The number of hydrogen-bond acceptors (Lipinski definition) is 3. The Morgan fingerprint density at radius 3 is 2.77 bits per heavy atom. The molecule has 1 unspecified atom stereocenters. The van der Waals surface area contributed by atoms with E-state index in [0.29, 0.717) is 11.1 Å². The largest absolute Gasteiger partial charge is 0.369 e. The number of aliphatic hydroxyl groups excluding tert-OH is 1. The number of aryl methyl sites for hydroxylation is 1. The van der Waals surface area contributed by atoms with Crippen LogP contribution < -0.4 is 5.32 Å². The lowest BCUT2D eigenvalue weighted by Gasteiger charge is -2.13. The summed E-state index contributed by atoms with van der Waals surface area (Å²) in [7, 11) is 0. The molecule has 0 aliphatic heterocycles. The molecular weight excluding hydrogens is 278 g/mol. The first-order valence-corrected chi connectivity index (χ1v) is 7.20. The van der Waals surface area contributed by atoms with Gasteiger partial charge in [-0.05, 0) is 24.6 Å². The standard InChI is InChI=1S/C17H17N3O2/c1-2-14-13-10-12(8-9-15(13)20-19-14)17(22)18-16(21)11-6-4-3-5-7-11/h3-10,16,21H,2H2,1H3,(H,18,22)(H,19,20). The molecule has 2 aromatic carbocycles. The van der Waals surface area contributed by atoms with E-state index in [9.17, 15) is 9.90 Å². The maximum absolute atomic E-state index is 12.3. The van der Waals surface area contributed by atoms with Gasteiger partial charge in [0.1, 0.15) is 0 Å². The molecule has 1 aromatic heterocycles. The van der Waals surface area contributed by atoms with Crippen molar-refractivity contribution in [2.75, 3.05) is 0 Å². The summed E-state index contributed by atoms with van der Waals surface area (Å²) >= 11 is 0. The summed E-state index contributed by atoms with van der Waals surface area (Å²) in [5.41, 5.74) is 2.97. The number of hydrogen-bond donors (Lipinski definition) is 3. The number of H-pyrrole nitrogens is 1. The molecule has 0 saturated heterocycles. The number of aromatic amines is 1. The quantitative estimate of drug-likeness (QED) is 0.647. The molecule has 0 saturated carbocycles. The van der Waals surface area contributed by atoms with Crippen LogP contribution in [0.4, 0.5) is 0 Å². The number of benzene rings is 2. The van der Waals surface area contributed by atoms with E-state index in [2.05, 4.69) is 15.5 Å². The maximum Gasteiger partial charge on any atom is 0.253 e. The number of carbonyl (C=O) groups is 1. The average Bonchev–Trinajstić information content (AvgIpc) is 2.97. The zero-order valence-corrected chi connectivity index (χ0v) is 12.2. The molecule has 1 atom stereocenters. The van der Waals surface area contributed by atoms with Crippen molar-refractivity contribution in [1.29, 1.82) is 0 Å². The summed E-state index contributed by atoms with van der Waals surface area (Å²) in [6.45, 7) is 2.03. The molecule has 112 valence electrons. The van der Waals surface area contributed by atoms with E-state index in [4.69, 9.17) is 0 Å². The van der Waals surface area contributed by atoms with Crippen molar-refractivity contribution in [2.45, 2.75) is 19.6 Å². The second-order valence-electron chi connectivity index (χ2n) is 5.07. The normalized spacial score (nSPS) is 12.3. The maximum atomic E-state index is 12.3. The number of carbonyl (C=O) groups excluding carboxylic acids is 1. The second-order valence-corrected chi connectivity index (χ2v) is 5.07.